The van der Waals surface area contributed by atoms with Crippen molar-refractivity contribution in [1.82, 2.24) is 0 Å². The normalized spacial score (nSPS) is 10.9. The lowest BCUT2D eigenvalue weighted by Gasteiger charge is -2.03. The molecule has 0 aromatic heterocycles. The molecular weight excluding hydrogens is 220 g/mol. The summed E-state index contributed by atoms with van der Waals surface area (Å²) < 4.78 is 0. The van der Waals surface area contributed by atoms with Gasteiger partial charge in [0.25, 0.3) is 0 Å². The van der Waals surface area contributed by atoms with E-state index in [0.29, 0.717) is 0 Å². The van der Waals surface area contributed by atoms with Crippen LogP contribution in [0.4, 0.5) is 0 Å². The second-order valence-corrected chi connectivity index (χ2v) is 5.16. The highest BCUT2D eigenvalue weighted by atomic mass is 79.9. The van der Waals surface area contributed by atoms with Gasteiger partial charge >= 0.3 is 0 Å². The van der Waals surface area contributed by atoms with Gasteiger partial charge in [-0.2, -0.15) is 11.8 Å². The standard InChI is InChI=1S/C9H19BrS/c1-9(2)8-11-7-5-3-4-6-10/h9H,3-8H2,1-2H3. The van der Waals surface area contributed by atoms with Crippen molar-refractivity contribution in [3.05, 3.63) is 0 Å². The Kier molecular flexibility index (Phi) is 9.60. The molecule has 0 saturated heterocycles. The van der Waals surface area contributed by atoms with Crippen LogP contribution in [0.3, 0.4) is 0 Å². The highest BCUT2D eigenvalue weighted by Crippen LogP contribution is 2.10. The molecule has 0 spiro atoms. The monoisotopic (exact) mass is 238 g/mol. The van der Waals surface area contributed by atoms with Gasteiger partial charge in [0.05, 0.1) is 0 Å². The van der Waals surface area contributed by atoms with Crippen molar-refractivity contribution in [2.75, 3.05) is 16.8 Å². The SMILES string of the molecule is CC(C)CSCCCCCBr. The van der Waals surface area contributed by atoms with Crippen LogP contribution < -0.4 is 0 Å². The van der Waals surface area contributed by atoms with Crippen molar-refractivity contribution in [3.8, 4) is 0 Å². The smallest absolute Gasteiger partial charge is 0.00313 e. The van der Waals surface area contributed by atoms with Crippen molar-refractivity contribution in [3.63, 3.8) is 0 Å². The number of halogens is 1. The van der Waals surface area contributed by atoms with E-state index in [2.05, 4.69) is 41.5 Å². The van der Waals surface area contributed by atoms with E-state index in [9.17, 15) is 0 Å². The molecule has 0 aliphatic rings. The van der Waals surface area contributed by atoms with Gasteiger partial charge in [-0.05, 0) is 30.3 Å². The van der Waals surface area contributed by atoms with E-state index in [0.717, 1.165) is 5.92 Å². The molecule has 68 valence electrons. The van der Waals surface area contributed by atoms with Crippen LogP contribution in [0.15, 0.2) is 0 Å². The van der Waals surface area contributed by atoms with Crippen molar-refractivity contribution in [1.29, 1.82) is 0 Å². The first-order valence-electron chi connectivity index (χ1n) is 4.41. The average molecular weight is 239 g/mol. The van der Waals surface area contributed by atoms with E-state index in [1.165, 1.54) is 36.1 Å². The van der Waals surface area contributed by atoms with Crippen molar-refractivity contribution < 1.29 is 0 Å². The van der Waals surface area contributed by atoms with Crippen LogP contribution >= 0.6 is 27.7 Å². The zero-order valence-corrected chi connectivity index (χ0v) is 10.0. The van der Waals surface area contributed by atoms with Gasteiger partial charge in [-0.25, -0.2) is 0 Å². The largest absolute Gasteiger partial charge is 0.162 e. The highest BCUT2D eigenvalue weighted by molar-refractivity contribution is 9.09. The molecule has 0 unspecified atom stereocenters. The Hall–Kier alpha value is 0.830. The zero-order valence-electron chi connectivity index (χ0n) is 7.61. The molecule has 0 bridgehead atoms. The van der Waals surface area contributed by atoms with E-state index in [4.69, 9.17) is 0 Å². The number of rotatable bonds is 7. The maximum atomic E-state index is 3.43. The number of hydrogen-bond donors (Lipinski definition) is 0. The molecule has 0 nitrogen and oxygen atoms in total. The van der Waals surface area contributed by atoms with E-state index >= 15 is 0 Å². The van der Waals surface area contributed by atoms with Gasteiger partial charge in [0.15, 0.2) is 0 Å². The molecule has 2 heteroatoms. The summed E-state index contributed by atoms with van der Waals surface area (Å²) in [7, 11) is 0. The average Bonchev–Trinajstić information content (AvgIpc) is 1.96. The second kappa shape index (κ2) is 8.92. The molecule has 0 heterocycles. The van der Waals surface area contributed by atoms with Crippen LogP contribution in [0.1, 0.15) is 33.1 Å². The fourth-order valence-corrected chi connectivity index (χ4v) is 2.24. The summed E-state index contributed by atoms with van der Waals surface area (Å²) in [6.45, 7) is 4.57. The van der Waals surface area contributed by atoms with Crippen LogP contribution in [0.5, 0.6) is 0 Å². The summed E-state index contributed by atoms with van der Waals surface area (Å²) in [5, 5.41) is 1.17. The molecule has 0 amide bonds. The first-order chi connectivity index (χ1) is 5.27. The van der Waals surface area contributed by atoms with Gasteiger partial charge in [0.1, 0.15) is 0 Å². The number of alkyl halides is 1. The van der Waals surface area contributed by atoms with Crippen molar-refractivity contribution in [2.24, 2.45) is 5.92 Å². The Bertz CT molecular complexity index is 74.0. The molecule has 0 aromatic rings. The molecule has 0 saturated carbocycles. The van der Waals surface area contributed by atoms with Crippen molar-refractivity contribution in [2.45, 2.75) is 33.1 Å². The minimum absolute atomic E-state index is 0.858. The Balaban J connectivity index is 2.80. The van der Waals surface area contributed by atoms with Gasteiger partial charge in [0.2, 0.25) is 0 Å². The molecule has 0 aliphatic heterocycles. The van der Waals surface area contributed by atoms with Crippen LogP contribution in [0.25, 0.3) is 0 Å². The first-order valence-corrected chi connectivity index (χ1v) is 6.68. The Morgan fingerprint density at radius 1 is 1.18 bits per heavy atom. The van der Waals surface area contributed by atoms with Crippen LogP contribution in [-0.2, 0) is 0 Å². The predicted octanol–water partition coefficient (Wildman–Crippen LogP) is 3.94. The topological polar surface area (TPSA) is 0 Å². The highest BCUT2D eigenvalue weighted by Gasteiger charge is 1.93. The maximum Gasteiger partial charge on any atom is 0.00313 e. The predicted molar refractivity (Wildman–Crippen MR) is 59.8 cm³/mol. The molecule has 0 rings (SSSR count). The second-order valence-electron chi connectivity index (χ2n) is 3.22. The minimum atomic E-state index is 0.858. The fraction of sp³-hybridized carbons (Fsp3) is 1.00. The number of unbranched alkanes of at least 4 members (excludes halogenated alkanes) is 2. The maximum absolute atomic E-state index is 3.43. The first kappa shape index (κ1) is 11.8. The molecule has 0 atom stereocenters. The molecule has 0 radical (unpaired) electrons. The quantitative estimate of drug-likeness (QED) is 0.479. The lowest BCUT2D eigenvalue weighted by molar-refractivity contribution is 0.745. The van der Waals surface area contributed by atoms with Crippen LogP contribution in [0, 0.1) is 5.92 Å². The molecule has 0 fully saturated rings. The lowest BCUT2D eigenvalue weighted by Crippen LogP contribution is -1.92. The van der Waals surface area contributed by atoms with Crippen molar-refractivity contribution >= 4 is 27.7 Å². The molecular formula is C9H19BrS. The Morgan fingerprint density at radius 3 is 2.45 bits per heavy atom. The molecule has 11 heavy (non-hydrogen) atoms. The van der Waals surface area contributed by atoms with Gasteiger partial charge in [-0.3, -0.25) is 0 Å². The Morgan fingerprint density at radius 2 is 1.91 bits per heavy atom. The van der Waals surface area contributed by atoms with E-state index in [-0.39, 0.29) is 0 Å². The third-order valence-electron chi connectivity index (χ3n) is 1.37. The summed E-state index contributed by atoms with van der Waals surface area (Å²) in [4.78, 5) is 0. The summed E-state index contributed by atoms with van der Waals surface area (Å²) in [6, 6.07) is 0. The zero-order chi connectivity index (χ0) is 8.53. The van der Waals surface area contributed by atoms with Crippen LogP contribution in [0.2, 0.25) is 0 Å². The van der Waals surface area contributed by atoms with E-state index in [1.807, 2.05) is 0 Å². The van der Waals surface area contributed by atoms with Gasteiger partial charge in [0, 0.05) is 5.33 Å². The van der Waals surface area contributed by atoms with Gasteiger partial charge < -0.3 is 0 Å². The lowest BCUT2D eigenvalue weighted by atomic mass is 10.3. The molecule has 0 aromatic carbocycles. The van der Waals surface area contributed by atoms with Gasteiger partial charge in [-0.15, -0.1) is 0 Å². The number of thioether (sulfide) groups is 1. The minimum Gasteiger partial charge on any atom is -0.162 e. The van der Waals surface area contributed by atoms with E-state index < -0.39 is 0 Å². The molecule has 0 aliphatic carbocycles. The van der Waals surface area contributed by atoms with E-state index in [1.54, 1.807) is 0 Å². The fourth-order valence-electron chi connectivity index (χ4n) is 0.794. The third-order valence-corrected chi connectivity index (χ3v) is 3.41. The summed E-state index contributed by atoms with van der Waals surface area (Å²) in [6.07, 6.45) is 4.11. The third kappa shape index (κ3) is 10.8. The Labute approximate surface area is 83.6 Å². The van der Waals surface area contributed by atoms with Crippen LogP contribution in [-0.4, -0.2) is 16.8 Å². The molecule has 0 N–H and O–H groups in total. The number of hydrogen-bond acceptors (Lipinski definition) is 1. The summed E-state index contributed by atoms with van der Waals surface area (Å²) in [5.74, 6) is 3.54. The summed E-state index contributed by atoms with van der Waals surface area (Å²) in [5.41, 5.74) is 0. The summed E-state index contributed by atoms with van der Waals surface area (Å²) >= 11 is 5.53. The van der Waals surface area contributed by atoms with Gasteiger partial charge in [-0.1, -0.05) is 36.2 Å².